The molecule has 0 bridgehead atoms. The van der Waals surface area contributed by atoms with Crippen molar-refractivity contribution in [2.24, 2.45) is 0 Å². The molecule has 0 amide bonds. The predicted octanol–water partition coefficient (Wildman–Crippen LogP) is 22.1. The van der Waals surface area contributed by atoms with Gasteiger partial charge in [0.2, 0.25) is 0 Å². The quantitative estimate of drug-likeness (QED) is 0.0275. The molecule has 0 aliphatic heterocycles. The molecule has 1 aliphatic carbocycles. The van der Waals surface area contributed by atoms with Crippen molar-refractivity contribution < 1.29 is 138 Å². The number of benzene rings is 16. The van der Waals surface area contributed by atoms with Crippen LogP contribution in [0.15, 0.2) is 425 Å². The van der Waals surface area contributed by atoms with Crippen molar-refractivity contribution in [3.63, 3.8) is 0 Å². The van der Waals surface area contributed by atoms with Crippen molar-refractivity contribution in [2.45, 2.75) is 6.42 Å². The van der Waals surface area contributed by atoms with Gasteiger partial charge in [0, 0.05) is 83.5 Å². The van der Waals surface area contributed by atoms with Gasteiger partial charge in [-0.3, -0.25) is 13.9 Å². The Morgan fingerprint density at radius 3 is 0.785 bits per heavy atom. The second-order valence-electron chi connectivity index (χ2n) is 32.2. The third-order valence-electron chi connectivity index (χ3n) is 24.6. The van der Waals surface area contributed by atoms with Gasteiger partial charge in [-0.2, -0.15) is 13.8 Å². The van der Waals surface area contributed by atoms with Crippen molar-refractivity contribution >= 4 is 93.7 Å². The number of nitrogens with zero attached hydrogens (tertiary/aromatic N) is 10. The number of hydrogen-bond acceptors (Lipinski definition) is 9. The minimum absolute atomic E-state index is 0. The molecule has 0 saturated carbocycles. The summed E-state index contributed by atoms with van der Waals surface area (Å²) in [6.07, 6.45) is 1.10. The first-order chi connectivity index (χ1) is 65.6. The summed E-state index contributed by atoms with van der Waals surface area (Å²) in [6, 6.07) is 146. The van der Waals surface area contributed by atoms with Crippen molar-refractivity contribution in [1.29, 1.82) is 0 Å². The second kappa shape index (κ2) is 38.7. The topological polar surface area (TPSA) is 146 Å². The van der Waals surface area contributed by atoms with Gasteiger partial charge in [0.15, 0.2) is 34.9 Å². The van der Waals surface area contributed by atoms with Crippen LogP contribution in [0.1, 0.15) is 14.0 Å². The van der Waals surface area contributed by atoms with Crippen LogP contribution in [-0.2, 0) is 16.1 Å². The van der Waals surface area contributed by atoms with Gasteiger partial charge in [-0.15, -0.1) is 0 Å². The summed E-state index contributed by atoms with van der Waals surface area (Å²) in [5.41, 5.74) is 25.6. The molecule has 1 aliphatic rings. The van der Waals surface area contributed by atoms with Gasteiger partial charge in [-0.1, -0.05) is 364 Å². The van der Waals surface area contributed by atoms with E-state index in [-0.39, 0.29) is 118 Å². The molecule has 135 heavy (non-hydrogen) atoms. The monoisotopic (exact) mass is 1810 g/mol. The molecule has 0 unspecified atom stereocenters. The zero-order valence-electron chi connectivity index (χ0n) is 73.9. The maximum atomic E-state index is 14.2. The van der Waals surface area contributed by atoms with Gasteiger partial charge in [0.1, 0.15) is 11.4 Å². The zero-order valence-corrected chi connectivity index (χ0v) is 79.2. The molecule has 0 radical (unpaired) electrons. The first kappa shape index (κ1) is 88.5. The molecule has 0 spiro atoms. The molecule has 0 atom stereocenters. The van der Waals surface area contributed by atoms with Crippen LogP contribution in [0.4, 0.5) is 17.6 Å². The smallest absolute Gasteiger partial charge is 1.00 e. The van der Waals surface area contributed by atoms with Crippen LogP contribution >= 0.6 is 0 Å². The van der Waals surface area contributed by atoms with Crippen molar-refractivity contribution in [2.75, 3.05) is 0 Å². The fourth-order valence-corrected chi connectivity index (χ4v) is 18.8. The molecular formula is C116H76F4K2N10O3. The van der Waals surface area contributed by atoms with E-state index < -0.39 is 29.1 Å². The molecule has 24 aromatic rings. The number of carbonyl (C=O) groups excluding carboxylic acids is 1. The number of para-hydroxylation sites is 8. The van der Waals surface area contributed by atoms with Gasteiger partial charge in [-0.05, 0) is 100 Å². The molecule has 13 nitrogen and oxygen atoms in total. The van der Waals surface area contributed by atoms with Crippen LogP contribution < -0.4 is 108 Å². The maximum Gasteiger partial charge on any atom is 1.00 e. The van der Waals surface area contributed by atoms with E-state index >= 15 is 0 Å². The van der Waals surface area contributed by atoms with Crippen LogP contribution in [0.5, 0.6) is 0 Å². The van der Waals surface area contributed by atoms with Gasteiger partial charge >= 0.3 is 103 Å². The Hall–Kier alpha value is -14.4. The van der Waals surface area contributed by atoms with E-state index in [1.54, 1.807) is 12.1 Å². The Bertz CT molecular complexity index is 7990. The summed E-state index contributed by atoms with van der Waals surface area (Å²) in [7, 11) is 0. The average molecular weight is 1810 g/mol. The van der Waals surface area contributed by atoms with Crippen LogP contribution in [0.2, 0.25) is 0 Å². The molecule has 0 fully saturated rings. The van der Waals surface area contributed by atoms with Crippen LogP contribution in [-0.4, -0.2) is 54.6 Å². The Morgan fingerprint density at radius 2 is 0.496 bits per heavy atom. The van der Waals surface area contributed by atoms with E-state index in [1.807, 2.05) is 91.0 Å². The maximum absolute atomic E-state index is 14.2. The third kappa shape index (κ3) is 16.5. The minimum Gasteiger partial charge on any atom is -1.00 e. The number of pyridine rings is 2. The van der Waals surface area contributed by atoms with E-state index in [1.165, 1.54) is 34.4 Å². The molecule has 19 heteroatoms. The number of rotatable bonds is 13. The summed E-state index contributed by atoms with van der Waals surface area (Å²) in [5, 5.41) is 17.7. The summed E-state index contributed by atoms with van der Waals surface area (Å²) < 4.78 is 65.3. The summed E-state index contributed by atoms with van der Waals surface area (Å²) in [5.74, 6) is -3.73. The standard InChI is InChI=1S/C75H47N7.C27H15F4N3.C13H10.CH2O3.2K.H2.H/c1-3-23-48(24-4-1)60-47-61(77-73(76-60)51-25-5-2-6-26-51)49-43-45-50(46-44-49)70-71(79-62-35-15-7-27-52(62)53-28-8-16-36-63(53)79)74(81-66-39-19-11-31-56(66)57-32-12-20-40-67(57)81)78-75(82-68-41-21-13-33-58(68)59-34-14-22-42-69(59)82)72(70)80-64-37-17-9-29-54(64)55-30-10-18-38-65(55)80;28-23-22(24(29)26(31)34-25(23)30)18-13-11-17(12-14-18)21-15-20(16-7-3-1-4-8-16)32-27(33-21)19-9-5-2-6-10-19;1-3-7-12-10(5-1)9-11-6-2-4-8-13(11)12;2-1-4-3;;;;/h1-47H;1-15H;1-8H,9H2;1,3H;;;1H;/q;;;;2*+1;;-1/p-1/i;;;;;;1+1;. The fourth-order valence-electron chi connectivity index (χ4n) is 18.8. The van der Waals surface area contributed by atoms with Crippen molar-refractivity contribution in [3.8, 4) is 124 Å². The molecule has 8 aromatic heterocycles. The van der Waals surface area contributed by atoms with E-state index in [2.05, 4.69) is 343 Å². The van der Waals surface area contributed by atoms with E-state index in [0.717, 1.165) is 167 Å². The second-order valence-corrected chi connectivity index (χ2v) is 32.2. The molecule has 8 heterocycles. The average Bonchev–Trinajstić information content (AvgIpc) is 1.51. The van der Waals surface area contributed by atoms with Gasteiger partial charge in [0.05, 0.1) is 72.5 Å². The SMILES string of the molecule is Fc1nc(F)c(F)c(-c2ccc(-c3cc(-c4ccccc4)nc(-c4ccccc4)n3)cc2)c1F.O=CO[O-].[2HH].[H-].[K+].[K+].c1ccc(-c2cc(-c3ccc(-c4c(-n5c6ccccc6c6ccccc65)c(-n5c6ccccc6c6ccccc65)nc(-n5c6ccccc6c6ccccc65)c4-n4c5ccccc5c5ccccc54)cc3)nc(-c3ccccc3)n2)cc1.c1ccc2c(c1)Cc1ccccc1-2. The number of aromatic nitrogens is 10. The molecule has 16 aromatic carbocycles. The molecule has 0 saturated heterocycles. The van der Waals surface area contributed by atoms with E-state index in [4.69, 9.17) is 30.0 Å². The number of fused-ring (bicyclic) bond motifs is 15. The number of halogens is 4. The van der Waals surface area contributed by atoms with E-state index in [0.29, 0.717) is 28.6 Å². The fraction of sp³-hybridized carbons (Fsp3) is 0.00862. The minimum atomic E-state index is -1.70. The summed E-state index contributed by atoms with van der Waals surface area (Å²) in [4.78, 5) is 40.1. The Kier molecular flexibility index (Phi) is 25.4. The summed E-state index contributed by atoms with van der Waals surface area (Å²) >= 11 is 0. The van der Waals surface area contributed by atoms with Gasteiger partial charge < -0.3 is 20.7 Å². The zero-order chi connectivity index (χ0) is 89.6. The first-order valence-electron chi connectivity index (χ1n) is 43.4. The normalized spacial score (nSPS) is 11.3. The number of hydrogen-bond donors (Lipinski definition) is 0. The predicted molar refractivity (Wildman–Crippen MR) is 525 cm³/mol. The first-order valence-corrected chi connectivity index (χ1v) is 43.4. The Labute approximate surface area is 860 Å². The van der Waals surface area contributed by atoms with Gasteiger partial charge in [0.25, 0.3) is 18.4 Å². The molecule has 0 N–H and O–H groups in total. The number of carbonyl (C=O) groups is 1. The van der Waals surface area contributed by atoms with Crippen LogP contribution in [0, 0.1) is 23.5 Å². The van der Waals surface area contributed by atoms with Crippen LogP contribution in [0.25, 0.3) is 211 Å². The molecule has 638 valence electrons. The molecule has 25 rings (SSSR count). The summed E-state index contributed by atoms with van der Waals surface area (Å²) in [6.45, 7) is -0.181. The van der Waals surface area contributed by atoms with Gasteiger partial charge in [-0.25, -0.2) is 33.7 Å². The van der Waals surface area contributed by atoms with E-state index in [9.17, 15) is 17.6 Å². The largest absolute Gasteiger partial charge is 1.00 e. The Morgan fingerprint density at radius 1 is 0.267 bits per heavy atom. The van der Waals surface area contributed by atoms with Crippen molar-refractivity contribution in [3.05, 3.63) is 459 Å². The van der Waals surface area contributed by atoms with Crippen molar-refractivity contribution in [1.82, 2.24) is 48.2 Å². The third-order valence-corrected chi connectivity index (χ3v) is 24.6. The van der Waals surface area contributed by atoms with Crippen LogP contribution in [0.3, 0.4) is 0 Å². The Balaban J connectivity index is 0.000000186. The molecular weight excluding hydrogens is 1740 g/mol.